The number of nitrogen functional groups attached to an aromatic ring is 1. The number of aromatic nitrogens is 2. The molecule has 1 fully saturated rings. The molecule has 2 heterocycles. The molecule has 1 aliphatic heterocycles. The van der Waals surface area contributed by atoms with Gasteiger partial charge in [0.1, 0.15) is 18.2 Å². The van der Waals surface area contributed by atoms with Gasteiger partial charge in [-0.25, -0.2) is 15.8 Å². The zero-order valence-corrected chi connectivity index (χ0v) is 12.3. The predicted octanol–water partition coefficient (Wildman–Crippen LogP) is 0.333. The fourth-order valence-electron chi connectivity index (χ4n) is 2.28. The van der Waals surface area contributed by atoms with Crippen LogP contribution >= 0.6 is 0 Å². The van der Waals surface area contributed by atoms with E-state index in [1.807, 2.05) is 4.90 Å². The van der Waals surface area contributed by atoms with E-state index in [0.29, 0.717) is 17.5 Å². The molecule has 0 saturated carbocycles. The molecule has 8 nitrogen and oxygen atoms in total. The highest BCUT2D eigenvalue weighted by molar-refractivity contribution is 5.80. The third kappa shape index (κ3) is 4.54. The van der Waals surface area contributed by atoms with Crippen molar-refractivity contribution in [3.63, 3.8) is 0 Å². The number of methoxy groups -OCH3 is 1. The van der Waals surface area contributed by atoms with E-state index >= 15 is 0 Å². The monoisotopic (exact) mass is 294 g/mol. The lowest BCUT2D eigenvalue weighted by Crippen LogP contribution is -2.39. The van der Waals surface area contributed by atoms with E-state index in [0.717, 1.165) is 25.9 Å². The largest absolute Gasteiger partial charge is 0.377 e. The van der Waals surface area contributed by atoms with Crippen LogP contribution < -0.4 is 16.6 Å². The SMILES string of the molecule is COCc1nc(NN)cc(NCC(=O)N2CCCCC2)n1. The molecule has 0 spiro atoms. The Morgan fingerprint density at radius 3 is 2.71 bits per heavy atom. The average molecular weight is 294 g/mol. The highest BCUT2D eigenvalue weighted by atomic mass is 16.5. The van der Waals surface area contributed by atoms with Gasteiger partial charge in [-0.15, -0.1) is 0 Å². The van der Waals surface area contributed by atoms with E-state index in [9.17, 15) is 4.79 Å². The van der Waals surface area contributed by atoms with Gasteiger partial charge in [-0.1, -0.05) is 0 Å². The fourth-order valence-corrected chi connectivity index (χ4v) is 2.28. The van der Waals surface area contributed by atoms with Crippen LogP contribution in [0.15, 0.2) is 6.07 Å². The summed E-state index contributed by atoms with van der Waals surface area (Å²) < 4.78 is 5.01. The highest BCUT2D eigenvalue weighted by Gasteiger charge is 2.16. The second-order valence-corrected chi connectivity index (χ2v) is 4.93. The standard InChI is InChI=1S/C13H22N6O2/c1-21-9-12-16-10(7-11(17-12)18-14)15-8-13(20)19-5-3-2-4-6-19/h7H,2-6,8-9,14H2,1H3,(H2,15,16,17,18). The smallest absolute Gasteiger partial charge is 0.241 e. The molecule has 0 aliphatic carbocycles. The van der Waals surface area contributed by atoms with Crippen LogP contribution in [0.2, 0.25) is 0 Å². The molecule has 1 amide bonds. The number of amides is 1. The summed E-state index contributed by atoms with van der Waals surface area (Å²) >= 11 is 0. The molecule has 0 atom stereocenters. The van der Waals surface area contributed by atoms with E-state index in [-0.39, 0.29) is 19.1 Å². The maximum absolute atomic E-state index is 12.1. The number of carbonyl (C=O) groups excluding carboxylic acids is 1. The molecule has 116 valence electrons. The van der Waals surface area contributed by atoms with E-state index in [1.165, 1.54) is 6.42 Å². The van der Waals surface area contributed by atoms with E-state index in [1.54, 1.807) is 13.2 Å². The third-order valence-electron chi connectivity index (χ3n) is 3.32. The average Bonchev–Trinajstić information content (AvgIpc) is 2.53. The first kappa shape index (κ1) is 15.5. The minimum absolute atomic E-state index is 0.0869. The maximum Gasteiger partial charge on any atom is 0.241 e. The third-order valence-corrected chi connectivity index (χ3v) is 3.32. The zero-order chi connectivity index (χ0) is 15.1. The summed E-state index contributed by atoms with van der Waals surface area (Å²) in [5.41, 5.74) is 2.48. The molecule has 21 heavy (non-hydrogen) atoms. The molecule has 0 unspecified atom stereocenters. The predicted molar refractivity (Wildman–Crippen MR) is 79.5 cm³/mol. The Hall–Kier alpha value is -1.93. The van der Waals surface area contributed by atoms with Crippen molar-refractivity contribution < 1.29 is 9.53 Å². The molecule has 0 radical (unpaired) electrons. The van der Waals surface area contributed by atoms with E-state index in [2.05, 4.69) is 20.7 Å². The number of likely N-dealkylation sites (tertiary alicyclic amines) is 1. The molecule has 0 aromatic carbocycles. The van der Waals surface area contributed by atoms with Crippen LogP contribution in [0.5, 0.6) is 0 Å². The molecule has 8 heteroatoms. The van der Waals surface area contributed by atoms with Gasteiger partial charge in [0.15, 0.2) is 5.82 Å². The Bertz CT molecular complexity index is 476. The van der Waals surface area contributed by atoms with Gasteiger partial charge in [-0.3, -0.25) is 4.79 Å². The number of piperidine rings is 1. The number of rotatable bonds is 6. The summed E-state index contributed by atoms with van der Waals surface area (Å²) in [5.74, 6) is 6.99. The van der Waals surface area contributed by atoms with Gasteiger partial charge in [0.25, 0.3) is 0 Å². The summed E-state index contributed by atoms with van der Waals surface area (Å²) in [6.07, 6.45) is 3.37. The van der Waals surface area contributed by atoms with Crippen molar-refractivity contribution in [3.05, 3.63) is 11.9 Å². The van der Waals surface area contributed by atoms with Gasteiger partial charge in [-0.05, 0) is 19.3 Å². The molecule has 4 N–H and O–H groups in total. The topological polar surface area (TPSA) is 105 Å². The highest BCUT2D eigenvalue weighted by Crippen LogP contribution is 2.12. The van der Waals surface area contributed by atoms with Crippen molar-refractivity contribution in [1.29, 1.82) is 0 Å². The van der Waals surface area contributed by atoms with Crippen molar-refractivity contribution in [2.45, 2.75) is 25.9 Å². The van der Waals surface area contributed by atoms with Crippen molar-refractivity contribution in [1.82, 2.24) is 14.9 Å². The van der Waals surface area contributed by atoms with Crippen molar-refractivity contribution >= 4 is 17.5 Å². The summed E-state index contributed by atoms with van der Waals surface area (Å²) in [4.78, 5) is 22.4. The second-order valence-electron chi connectivity index (χ2n) is 4.93. The number of nitrogens with two attached hydrogens (primary N) is 1. The lowest BCUT2D eigenvalue weighted by molar-refractivity contribution is -0.130. The number of hydrazine groups is 1. The lowest BCUT2D eigenvalue weighted by atomic mass is 10.1. The molecular weight excluding hydrogens is 272 g/mol. The molecular formula is C13H22N6O2. The van der Waals surface area contributed by atoms with Crippen LogP contribution in [0.4, 0.5) is 11.6 Å². The summed E-state index contributed by atoms with van der Waals surface area (Å²) in [6, 6.07) is 1.66. The number of nitrogens with zero attached hydrogens (tertiary/aromatic N) is 3. The molecule has 0 bridgehead atoms. The zero-order valence-electron chi connectivity index (χ0n) is 12.3. The number of anilines is 2. The number of ether oxygens (including phenoxy) is 1. The van der Waals surface area contributed by atoms with E-state index in [4.69, 9.17) is 10.6 Å². The van der Waals surface area contributed by atoms with Crippen LogP contribution in [0.25, 0.3) is 0 Å². The van der Waals surface area contributed by atoms with Crippen LogP contribution in [0, 0.1) is 0 Å². The normalized spacial score (nSPS) is 14.9. The van der Waals surface area contributed by atoms with E-state index < -0.39 is 0 Å². The number of carbonyl (C=O) groups is 1. The maximum atomic E-state index is 12.1. The Morgan fingerprint density at radius 2 is 2.05 bits per heavy atom. The Morgan fingerprint density at radius 1 is 1.33 bits per heavy atom. The van der Waals surface area contributed by atoms with Gasteiger partial charge in [0.2, 0.25) is 5.91 Å². The van der Waals surface area contributed by atoms with Gasteiger partial charge in [-0.2, -0.15) is 0 Å². The summed E-state index contributed by atoms with van der Waals surface area (Å²) in [6.45, 7) is 2.18. The molecule has 1 aromatic rings. The number of hydrogen-bond donors (Lipinski definition) is 3. The Balaban J connectivity index is 1.94. The first-order valence-electron chi connectivity index (χ1n) is 7.08. The van der Waals surface area contributed by atoms with Gasteiger partial charge < -0.3 is 20.4 Å². The number of nitrogens with one attached hydrogen (secondary N) is 2. The summed E-state index contributed by atoms with van der Waals surface area (Å²) in [7, 11) is 1.57. The minimum Gasteiger partial charge on any atom is -0.377 e. The number of hydrogen-bond acceptors (Lipinski definition) is 7. The van der Waals surface area contributed by atoms with Crippen LogP contribution in [0.3, 0.4) is 0 Å². The van der Waals surface area contributed by atoms with Gasteiger partial charge in [0, 0.05) is 26.3 Å². The second kappa shape index (κ2) is 7.75. The summed E-state index contributed by atoms with van der Waals surface area (Å²) in [5, 5.41) is 3.02. The molecule has 1 saturated heterocycles. The lowest BCUT2D eigenvalue weighted by Gasteiger charge is -2.26. The first-order chi connectivity index (χ1) is 10.2. The Kier molecular flexibility index (Phi) is 5.70. The molecule has 2 rings (SSSR count). The molecule has 1 aromatic heterocycles. The van der Waals surface area contributed by atoms with Crippen LogP contribution in [-0.4, -0.2) is 47.5 Å². The quantitative estimate of drug-likeness (QED) is 0.513. The van der Waals surface area contributed by atoms with Crippen molar-refractivity contribution in [2.75, 3.05) is 37.5 Å². The van der Waals surface area contributed by atoms with Crippen molar-refractivity contribution in [2.24, 2.45) is 5.84 Å². The fraction of sp³-hybridized carbons (Fsp3) is 0.615. The first-order valence-corrected chi connectivity index (χ1v) is 7.08. The minimum atomic E-state index is 0.0869. The van der Waals surface area contributed by atoms with Crippen LogP contribution in [0.1, 0.15) is 25.1 Å². The Labute approximate surface area is 124 Å². The molecule has 1 aliphatic rings. The van der Waals surface area contributed by atoms with Gasteiger partial charge >= 0.3 is 0 Å². The van der Waals surface area contributed by atoms with Crippen molar-refractivity contribution in [3.8, 4) is 0 Å². The van der Waals surface area contributed by atoms with Crippen LogP contribution in [-0.2, 0) is 16.1 Å². The van der Waals surface area contributed by atoms with Gasteiger partial charge in [0.05, 0.1) is 6.54 Å².